The molecule has 6 rings (SSSR count). The van der Waals surface area contributed by atoms with E-state index >= 15 is 0 Å². The highest BCUT2D eigenvalue weighted by Crippen LogP contribution is 2.30. The number of aromatic hydroxyl groups is 4. The molecule has 6 heteroatoms. The van der Waals surface area contributed by atoms with Crippen molar-refractivity contribution in [2.45, 2.75) is 0 Å². The number of nitrogens with one attached hydrogen (secondary N) is 2. The highest BCUT2D eigenvalue weighted by atomic mass is 16.3. The van der Waals surface area contributed by atoms with Gasteiger partial charge in [-0.1, -0.05) is 0 Å². The van der Waals surface area contributed by atoms with Gasteiger partial charge in [0.15, 0.2) is 0 Å². The van der Waals surface area contributed by atoms with Gasteiger partial charge in [0.25, 0.3) is 0 Å². The SMILES string of the molecule is Oc1ccc2c(c1)[nH]c1cc(O)ccc12.Oc1ccc2c(c1)[nH]c1cc(O)ccc12. The highest BCUT2D eigenvalue weighted by Gasteiger charge is 2.06. The summed E-state index contributed by atoms with van der Waals surface area (Å²) in [6.45, 7) is 0. The first-order valence-electron chi connectivity index (χ1n) is 9.35. The van der Waals surface area contributed by atoms with E-state index in [0.717, 1.165) is 43.6 Å². The van der Waals surface area contributed by atoms with Crippen LogP contribution in [0.2, 0.25) is 0 Å². The van der Waals surface area contributed by atoms with Gasteiger partial charge in [-0.2, -0.15) is 0 Å². The molecule has 0 aliphatic heterocycles. The Balaban J connectivity index is 0.000000128. The summed E-state index contributed by atoms with van der Waals surface area (Å²) in [5, 5.41) is 41.5. The maximum Gasteiger partial charge on any atom is 0.117 e. The third-order valence-electron chi connectivity index (χ3n) is 5.13. The van der Waals surface area contributed by atoms with Crippen LogP contribution in [-0.2, 0) is 0 Å². The summed E-state index contributed by atoms with van der Waals surface area (Å²) in [6, 6.07) is 20.8. The molecule has 30 heavy (non-hydrogen) atoms. The molecule has 0 aliphatic rings. The first kappa shape index (κ1) is 17.8. The van der Waals surface area contributed by atoms with Crippen molar-refractivity contribution >= 4 is 43.6 Å². The Hall–Kier alpha value is -4.32. The standard InChI is InChI=1S/2C12H9NO2/c2*14-7-1-3-9-10-4-2-8(15)6-12(10)13-11(9)5-7/h2*1-6,13-15H. The van der Waals surface area contributed by atoms with Gasteiger partial charge in [-0.15, -0.1) is 0 Å². The topological polar surface area (TPSA) is 113 Å². The number of aromatic amines is 2. The molecule has 6 aromatic rings. The summed E-state index contributed by atoms with van der Waals surface area (Å²) in [5.74, 6) is 0.938. The van der Waals surface area contributed by atoms with Gasteiger partial charge >= 0.3 is 0 Å². The van der Waals surface area contributed by atoms with Crippen molar-refractivity contribution in [3.05, 3.63) is 72.8 Å². The molecule has 0 spiro atoms. The van der Waals surface area contributed by atoms with E-state index in [-0.39, 0.29) is 23.0 Å². The molecule has 0 amide bonds. The molecule has 0 radical (unpaired) electrons. The Kier molecular flexibility index (Phi) is 3.93. The predicted octanol–water partition coefficient (Wildman–Crippen LogP) is 5.46. The molecule has 4 aromatic carbocycles. The summed E-state index contributed by atoms with van der Waals surface area (Å²) in [4.78, 5) is 6.28. The Morgan fingerprint density at radius 1 is 0.367 bits per heavy atom. The number of rotatable bonds is 0. The van der Waals surface area contributed by atoms with E-state index in [4.69, 9.17) is 0 Å². The molecule has 0 bridgehead atoms. The molecule has 2 aromatic heterocycles. The largest absolute Gasteiger partial charge is 0.508 e. The molecule has 0 aliphatic carbocycles. The first-order chi connectivity index (χ1) is 14.5. The Morgan fingerprint density at radius 3 is 0.833 bits per heavy atom. The van der Waals surface area contributed by atoms with E-state index in [2.05, 4.69) is 9.97 Å². The monoisotopic (exact) mass is 398 g/mol. The van der Waals surface area contributed by atoms with Crippen LogP contribution in [0.4, 0.5) is 0 Å². The van der Waals surface area contributed by atoms with E-state index in [0.29, 0.717) is 0 Å². The molecule has 148 valence electrons. The number of benzene rings is 4. The zero-order chi connectivity index (χ0) is 20.8. The van der Waals surface area contributed by atoms with Crippen molar-refractivity contribution in [1.29, 1.82) is 0 Å². The van der Waals surface area contributed by atoms with Crippen molar-refractivity contribution in [2.24, 2.45) is 0 Å². The average molecular weight is 398 g/mol. The fraction of sp³-hybridized carbons (Fsp3) is 0. The summed E-state index contributed by atoms with van der Waals surface area (Å²) in [5.41, 5.74) is 3.48. The summed E-state index contributed by atoms with van der Waals surface area (Å²) in [7, 11) is 0. The Labute approximate surface area is 170 Å². The molecule has 0 fully saturated rings. The van der Waals surface area contributed by atoms with Crippen LogP contribution in [0, 0.1) is 0 Å². The van der Waals surface area contributed by atoms with Gasteiger partial charge in [0.2, 0.25) is 0 Å². The fourth-order valence-corrected chi connectivity index (χ4v) is 3.77. The van der Waals surface area contributed by atoms with Gasteiger partial charge in [0.1, 0.15) is 23.0 Å². The molecular formula is C24H18N2O4. The number of hydrogen-bond acceptors (Lipinski definition) is 4. The van der Waals surface area contributed by atoms with Crippen LogP contribution in [0.1, 0.15) is 0 Å². The average Bonchev–Trinajstić information content (AvgIpc) is 3.23. The van der Waals surface area contributed by atoms with Crippen LogP contribution in [0.5, 0.6) is 23.0 Å². The van der Waals surface area contributed by atoms with Crippen LogP contribution in [0.25, 0.3) is 43.6 Å². The van der Waals surface area contributed by atoms with Crippen molar-refractivity contribution in [3.8, 4) is 23.0 Å². The van der Waals surface area contributed by atoms with Crippen molar-refractivity contribution in [3.63, 3.8) is 0 Å². The molecule has 0 saturated heterocycles. The second-order valence-electron chi connectivity index (χ2n) is 7.17. The van der Waals surface area contributed by atoms with Gasteiger partial charge in [0.05, 0.1) is 22.1 Å². The van der Waals surface area contributed by atoms with Crippen LogP contribution >= 0.6 is 0 Å². The van der Waals surface area contributed by atoms with Crippen LogP contribution < -0.4 is 0 Å². The molecule has 0 atom stereocenters. The summed E-state index contributed by atoms with van der Waals surface area (Å²) >= 11 is 0. The normalized spacial score (nSPS) is 11.2. The third-order valence-corrected chi connectivity index (χ3v) is 5.13. The van der Waals surface area contributed by atoms with Crippen LogP contribution in [0.3, 0.4) is 0 Å². The third kappa shape index (κ3) is 3.00. The van der Waals surface area contributed by atoms with Crippen molar-refractivity contribution in [2.75, 3.05) is 0 Å². The van der Waals surface area contributed by atoms with Gasteiger partial charge < -0.3 is 30.4 Å². The number of phenolic OH excluding ortho intramolecular Hbond substituents is 4. The lowest BCUT2D eigenvalue weighted by Gasteiger charge is -1.92. The predicted molar refractivity (Wildman–Crippen MR) is 118 cm³/mol. The lowest BCUT2D eigenvalue weighted by atomic mass is 10.1. The van der Waals surface area contributed by atoms with E-state index < -0.39 is 0 Å². The quantitative estimate of drug-likeness (QED) is 0.204. The molecule has 0 unspecified atom stereocenters. The molecule has 6 nitrogen and oxygen atoms in total. The van der Waals surface area contributed by atoms with Gasteiger partial charge in [-0.25, -0.2) is 0 Å². The minimum absolute atomic E-state index is 0.235. The summed E-state index contributed by atoms with van der Waals surface area (Å²) < 4.78 is 0. The maximum absolute atomic E-state index is 9.34. The summed E-state index contributed by atoms with van der Waals surface area (Å²) in [6.07, 6.45) is 0. The second kappa shape index (κ2) is 6.63. The minimum atomic E-state index is 0.235. The Bertz CT molecular complexity index is 1320. The van der Waals surface area contributed by atoms with E-state index in [1.54, 1.807) is 48.5 Å². The van der Waals surface area contributed by atoms with Crippen molar-refractivity contribution in [1.82, 2.24) is 9.97 Å². The van der Waals surface area contributed by atoms with Gasteiger partial charge in [-0.3, -0.25) is 0 Å². The zero-order valence-electron chi connectivity index (χ0n) is 15.7. The highest BCUT2D eigenvalue weighted by molar-refractivity contribution is 6.08. The number of phenols is 4. The number of hydrogen-bond donors (Lipinski definition) is 6. The van der Waals surface area contributed by atoms with Crippen molar-refractivity contribution < 1.29 is 20.4 Å². The molecule has 2 heterocycles. The molecular weight excluding hydrogens is 380 g/mol. The number of H-pyrrole nitrogens is 2. The van der Waals surface area contributed by atoms with E-state index in [1.807, 2.05) is 24.3 Å². The number of aromatic nitrogens is 2. The minimum Gasteiger partial charge on any atom is -0.508 e. The second-order valence-corrected chi connectivity index (χ2v) is 7.17. The van der Waals surface area contributed by atoms with Gasteiger partial charge in [-0.05, 0) is 48.5 Å². The van der Waals surface area contributed by atoms with E-state index in [9.17, 15) is 20.4 Å². The van der Waals surface area contributed by atoms with Crippen LogP contribution in [0.15, 0.2) is 72.8 Å². The molecule has 0 saturated carbocycles. The molecule has 6 N–H and O–H groups in total. The van der Waals surface area contributed by atoms with E-state index in [1.165, 1.54) is 0 Å². The lowest BCUT2D eigenvalue weighted by molar-refractivity contribution is 0.475. The van der Waals surface area contributed by atoms with Crippen LogP contribution in [-0.4, -0.2) is 30.4 Å². The zero-order valence-corrected chi connectivity index (χ0v) is 15.7. The first-order valence-corrected chi connectivity index (χ1v) is 9.35. The maximum atomic E-state index is 9.34. The fourth-order valence-electron chi connectivity index (χ4n) is 3.77. The van der Waals surface area contributed by atoms with Gasteiger partial charge in [0, 0.05) is 45.8 Å². The smallest absolute Gasteiger partial charge is 0.117 e. The Morgan fingerprint density at radius 2 is 0.600 bits per heavy atom. The number of fused-ring (bicyclic) bond motifs is 6. The lowest BCUT2D eigenvalue weighted by Crippen LogP contribution is -1.66.